The number of pyridine rings is 1. The quantitative estimate of drug-likeness (QED) is 0.787. The lowest BCUT2D eigenvalue weighted by Crippen LogP contribution is -2.29. The van der Waals surface area contributed by atoms with Crippen LogP contribution in [-0.2, 0) is 0 Å². The molecule has 0 amide bonds. The highest BCUT2D eigenvalue weighted by Gasteiger charge is 2.29. The van der Waals surface area contributed by atoms with Gasteiger partial charge in [0.15, 0.2) is 0 Å². The molecule has 3 heterocycles. The van der Waals surface area contributed by atoms with Crippen LogP contribution in [-0.4, -0.2) is 33.2 Å². The number of aromatic nitrogens is 3. The molecule has 1 aliphatic heterocycles. The summed E-state index contributed by atoms with van der Waals surface area (Å²) < 4.78 is 18.8. The molecule has 0 spiro atoms. The van der Waals surface area contributed by atoms with Crippen LogP contribution in [0.3, 0.4) is 0 Å². The average Bonchev–Trinajstić information content (AvgIpc) is 3.30. The van der Waals surface area contributed by atoms with Gasteiger partial charge in [0.2, 0.25) is 11.7 Å². The fraction of sp³-hybridized carbons (Fsp3) is 0.278. The molecule has 2 aromatic heterocycles. The molecule has 1 aromatic carbocycles. The number of rotatable bonds is 4. The summed E-state index contributed by atoms with van der Waals surface area (Å²) in [5, 5.41) is 4.04. The van der Waals surface area contributed by atoms with E-state index in [2.05, 4.69) is 20.0 Å². The predicted molar refractivity (Wildman–Crippen MR) is 90.7 cm³/mol. The van der Waals surface area contributed by atoms with E-state index >= 15 is 0 Å². The summed E-state index contributed by atoms with van der Waals surface area (Å²) in [6.07, 6.45) is 3.72. The SMILES string of the molecule is NCN1CCCC1c1nc(-c2ccc(-c3cccc(F)c3)cn2)no1. The van der Waals surface area contributed by atoms with E-state index in [4.69, 9.17) is 10.3 Å². The number of hydrogen-bond acceptors (Lipinski definition) is 6. The molecular formula is C18H18FN5O. The van der Waals surface area contributed by atoms with E-state index in [0.717, 1.165) is 30.5 Å². The molecular weight excluding hydrogens is 321 g/mol. The van der Waals surface area contributed by atoms with Gasteiger partial charge >= 0.3 is 0 Å². The second-order valence-corrected chi connectivity index (χ2v) is 6.05. The van der Waals surface area contributed by atoms with E-state index in [1.54, 1.807) is 12.3 Å². The standard InChI is InChI=1S/C18H18FN5O/c19-14-4-1-3-12(9-14)13-6-7-15(21-10-13)17-22-18(25-23-17)16-5-2-8-24(16)11-20/h1,3-4,6-7,9-10,16H,2,5,8,11,20H2. The molecule has 1 aliphatic rings. The van der Waals surface area contributed by atoms with Gasteiger partial charge in [-0.3, -0.25) is 9.88 Å². The fourth-order valence-electron chi connectivity index (χ4n) is 3.16. The minimum absolute atomic E-state index is 0.0813. The molecule has 0 aliphatic carbocycles. The third-order valence-corrected chi connectivity index (χ3v) is 4.48. The molecule has 3 aromatic rings. The minimum atomic E-state index is -0.273. The summed E-state index contributed by atoms with van der Waals surface area (Å²) in [5.74, 6) is 0.754. The second-order valence-electron chi connectivity index (χ2n) is 6.05. The van der Waals surface area contributed by atoms with Crippen LogP contribution in [0, 0.1) is 5.82 Å². The number of benzene rings is 1. The van der Waals surface area contributed by atoms with Crippen LogP contribution < -0.4 is 5.73 Å². The first-order valence-electron chi connectivity index (χ1n) is 8.24. The number of halogens is 1. The zero-order valence-electron chi connectivity index (χ0n) is 13.6. The average molecular weight is 339 g/mol. The highest BCUT2D eigenvalue weighted by molar-refractivity contribution is 5.64. The molecule has 1 unspecified atom stereocenters. The van der Waals surface area contributed by atoms with Gasteiger partial charge in [0.25, 0.3) is 0 Å². The first kappa shape index (κ1) is 15.9. The van der Waals surface area contributed by atoms with E-state index in [9.17, 15) is 4.39 Å². The Bertz CT molecular complexity index is 864. The van der Waals surface area contributed by atoms with Gasteiger partial charge < -0.3 is 10.3 Å². The first-order chi connectivity index (χ1) is 12.2. The molecule has 0 saturated carbocycles. The second kappa shape index (κ2) is 6.70. The van der Waals surface area contributed by atoms with Crippen molar-refractivity contribution < 1.29 is 8.91 Å². The summed E-state index contributed by atoms with van der Waals surface area (Å²) in [4.78, 5) is 11.0. The summed E-state index contributed by atoms with van der Waals surface area (Å²) in [7, 11) is 0. The molecule has 1 fully saturated rings. The lowest BCUT2D eigenvalue weighted by molar-refractivity contribution is 0.213. The van der Waals surface area contributed by atoms with Gasteiger partial charge in [-0.15, -0.1) is 0 Å². The van der Waals surface area contributed by atoms with Crippen molar-refractivity contribution in [1.82, 2.24) is 20.0 Å². The van der Waals surface area contributed by atoms with E-state index in [-0.39, 0.29) is 11.9 Å². The Balaban J connectivity index is 1.57. The summed E-state index contributed by atoms with van der Waals surface area (Å²) in [6, 6.07) is 10.2. The van der Waals surface area contributed by atoms with Gasteiger partial charge in [0.05, 0.1) is 6.04 Å². The summed E-state index contributed by atoms with van der Waals surface area (Å²) in [5.41, 5.74) is 7.98. The third kappa shape index (κ3) is 3.16. The molecule has 0 radical (unpaired) electrons. The van der Waals surface area contributed by atoms with Gasteiger partial charge in [-0.1, -0.05) is 23.4 Å². The van der Waals surface area contributed by atoms with Gasteiger partial charge in [-0.25, -0.2) is 4.39 Å². The molecule has 128 valence electrons. The molecule has 25 heavy (non-hydrogen) atoms. The topological polar surface area (TPSA) is 81.1 Å². The summed E-state index contributed by atoms with van der Waals surface area (Å²) >= 11 is 0. The van der Waals surface area contributed by atoms with Crippen LogP contribution >= 0.6 is 0 Å². The van der Waals surface area contributed by atoms with Crippen molar-refractivity contribution in [2.24, 2.45) is 5.73 Å². The summed E-state index contributed by atoms with van der Waals surface area (Å²) in [6.45, 7) is 1.42. The molecule has 0 bridgehead atoms. The van der Waals surface area contributed by atoms with E-state index in [1.807, 2.05) is 18.2 Å². The van der Waals surface area contributed by atoms with Crippen molar-refractivity contribution >= 4 is 0 Å². The minimum Gasteiger partial charge on any atom is -0.337 e. The van der Waals surface area contributed by atoms with E-state index in [0.29, 0.717) is 24.1 Å². The zero-order valence-corrected chi connectivity index (χ0v) is 13.6. The van der Waals surface area contributed by atoms with Gasteiger partial charge in [-0.2, -0.15) is 4.98 Å². The third-order valence-electron chi connectivity index (χ3n) is 4.48. The van der Waals surface area contributed by atoms with Crippen molar-refractivity contribution in [3.63, 3.8) is 0 Å². The normalized spacial score (nSPS) is 17.9. The van der Waals surface area contributed by atoms with Gasteiger partial charge in [0, 0.05) is 25.0 Å². The van der Waals surface area contributed by atoms with Crippen LogP contribution in [0.5, 0.6) is 0 Å². The van der Waals surface area contributed by atoms with E-state index in [1.165, 1.54) is 12.1 Å². The van der Waals surface area contributed by atoms with Gasteiger partial charge in [0.1, 0.15) is 11.5 Å². The van der Waals surface area contributed by atoms with Gasteiger partial charge in [-0.05, 0) is 36.6 Å². The van der Waals surface area contributed by atoms with Crippen molar-refractivity contribution in [2.75, 3.05) is 13.2 Å². The maximum absolute atomic E-state index is 13.3. The van der Waals surface area contributed by atoms with Crippen molar-refractivity contribution in [3.8, 4) is 22.6 Å². The van der Waals surface area contributed by atoms with Crippen LogP contribution in [0.25, 0.3) is 22.6 Å². The Morgan fingerprint density at radius 2 is 2.16 bits per heavy atom. The Morgan fingerprint density at radius 3 is 2.92 bits per heavy atom. The van der Waals surface area contributed by atoms with Crippen molar-refractivity contribution in [1.29, 1.82) is 0 Å². The Labute approximate surface area is 144 Å². The lowest BCUT2D eigenvalue weighted by Gasteiger charge is -2.18. The molecule has 2 N–H and O–H groups in total. The molecule has 6 nitrogen and oxygen atoms in total. The smallest absolute Gasteiger partial charge is 0.244 e. The van der Waals surface area contributed by atoms with Crippen LogP contribution in [0.4, 0.5) is 4.39 Å². The monoisotopic (exact) mass is 339 g/mol. The number of nitrogens with two attached hydrogens (primary N) is 1. The number of likely N-dealkylation sites (tertiary alicyclic amines) is 1. The van der Waals surface area contributed by atoms with Crippen LogP contribution in [0.1, 0.15) is 24.8 Å². The highest BCUT2D eigenvalue weighted by atomic mass is 19.1. The Kier molecular flexibility index (Phi) is 4.25. The maximum atomic E-state index is 13.3. The predicted octanol–water partition coefficient (Wildman–Crippen LogP) is 2.99. The Morgan fingerprint density at radius 1 is 1.24 bits per heavy atom. The van der Waals surface area contributed by atoms with Crippen LogP contribution in [0.15, 0.2) is 47.1 Å². The Hall–Kier alpha value is -2.64. The largest absolute Gasteiger partial charge is 0.337 e. The zero-order chi connectivity index (χ0) is 17.2. The van der Waals surface area contributed by atoms with Crippen molar-refractivity contribution in [3.05, 3.63) is 54.3 Å². The number of nitrogens with zero attached hydrogens (tertiary/aromatic N) is 4. The molecule has 1 saturated heterocycles. The molecule has 7 heteroatoms. The molecule has 4 rings (SSSR count). The lowest BCUT2D eigenvalue weighted by atomic mass is 10.1. The van der Waals surface area contributed by atoms with Crippen LogP contribution in [0.2, 0.25) is 0 Å². The number of hydrogen-bond donors (Lipinski definition) is 1. The molecule has 1 atom stereocenters. The first-order valence-corrected chi connectivity index (χ1v) is 8.24. The fourth-order valence-corrected chi connectivity index (χ4v) is 3.16. The van der Waals surface area contributed by atoms with E-state index < -0.39 is 0 Å². The van der Waals surface area contributed by atoms with Crippen molar-refractivity contribution in [2.45, 2.75) is 18.9 Å². The maximum Gasteiger partial charge on any atom is 0.244 e. The highest BCUT2D eigenvalue weighted by Crippen LogP contribution is 2.31.